The Morgan fingerprint density at radius 3 is 2.20 bits per heavy atom. The number of hydrogen-bond acceptors (Lipinski definition) is 5. The van der Waals surface area contributed by atoms with Gasteiger partial charge in [-0.1, -0.05) is 78.9 Å². The predicted molar refractivity (Wildman–Crippen MR) is 186 cm³/mol. The number of rotatable bonds is 13. The minimum Gasteiger partial charge on any atom is -0.337 e. The summed E-state index contributed by atoms with van der Waals surface area (Å²) in [6.07, 6.45) is 6.36. The molecule has 3 aromatic rings. The van der Waals surface area contributed by atoms with E-state index in [2.05, 4.69) is 17.0 Å². The van der Waals surface area contributed by atoms with Gasteiger partial charge in [0.25, 0.3) is 0 Å². The maximum Gasteiger partial charge on any atom is 0.246 e. The van der Waals surface area contributed by atoms with Gasteiger partial charge in [-0.15, -0.1) is 0 Å². The lowest BCUT2D eigenvalue weighted by Gasteiger charge is -2.37. The molecule has 0 saturated carbocycles. The number of nitrogens with zero attached hydrogens (tertiary/aromatic N) is 4. The molecule has 3 amide bonds. The lowest BCUT2D eigenvalue weighted by molar-refractivity contribution is -0.149. The summed E-state index contributed by atoms with van der Waals surface area (Å²) in [5, 5.41) is 2.17. The molecule has 4 rings (SSSR count). The summed E-state index contributed by atoms with van der Waals surface area (Å²) in [6.45, 7) is 5.25. The highest BCUT2D eigenvalue weighted by Gasteiger charge is 2.39. The topological polar surface area (TPSA) is 90.2 Å². The largest absolute Gasteiger partial charge is 0.337 e. The molecule has 0 spiro atoms. The highest BCUT2D eigenvalue weighted by atomic mass is 16.2. The third-order valence-corrected chi connectivity index (χ3v) is 8.86. The van der Waals surface area contributed by atoms with E-state index in [1.165, 1.54) is 11.0 Å². The first-order valence-corrected chi connectivity index (χ1v) is 16.3. The molecule has 2 N–H and O–H groups in total. The zero-order valence-electron chi connectivity index (χ0n) is 28.4. The van der Waals surface area contributed by atoms with Crippen LogP contribution in [0.5, 0.6) is 0 Å². The van der Waals surface area contributed by atoms with Gasteiger partial charge in [0, 0.05) is 51.6 Å². The number of likely N-dealkylation sites (N-methyl/N-ethyl adjacent to an activating group) is 3. The number of benzene rings is 3. The number of amides is 3. The summed E-state index contributed by atoms with van der Waals surface area (Å²) in [4.78, 5) is 49.6. The predicted octanol–water partition coefficient (Wildman–Crippen LogP) is 4.52. The summed E-state index contributed by atoms with van der Waals surface area (Å²) >= 11 is 0. The zero-order chi connectivity index (χ0) is 33.4. The molecule has 0 aliphatic carbocycles. The zero-order valence-corrected chi connectivity index (χ0v) is 28.4. The molecule has 1 fully saturated rings. The van der Waals surface area contributed by atoms with Gasteiger partial charge < -0.3 is 25.3 Å². The van der Waals surface area contributed by atoms with Crippen LogP contribution >= 0.6 is 0 Å². The van der Waals surface area contributed by atoms with Gasteiger partial charge in [0.15, 0.2) is 0 Å². The van der Waals surface area contributed by atoms with E-state index in [4.69, 9.17) is 5.73 Å². The van der Waals surface area contributed by atoms with Crippen LogP contribution in [0.25, 0.3) is 10.8 Å². The molecule has 0 unspecified atom stereocenters. The third kappa shape index (κ3) is 9.27. The van der Waals surface area contributed by atoms with Crippen LogP contribution in [0.2, 0.25) is 0 Å². The summed E-state index contributed by atoms with van der Waals surface area (Å²) in [5.41, 5.74) is 7.59. The van der Waals surface area contributed by atoms with E-state index in [-0.39, 0.29) is 23.8 Å². The number of likely N-dealkylation sites (tertiary alicyclic amines) is 1. The van der Waals surface area contributed by atoms with Gasteiger partial charge in [0.1, 0.15) is 12.1 Å². The van der Waals surface area contributed by atoms with E-state index in [0.717, 1.165) is 41.3 Å². The first kappa shape index (κ1) is 34.9. The van der Waals surface area contributed by atoms with Crippen LogP contribution in [0, 0.1) is 0 Å². The monoisotopic (exact) mass is 625 g/mol. The van der Waals surface area contributed by atoms with Crippen LogP contribution < -0.4 is 5.73 Å². The molecule has 0 bridgehead atoms. The average molecular weight is 626 g/mol. The van der Waals surface area contributed by atoms with E-state index >= 15 is 0 Å². The molecule has 3 aromatic carbocycles. The van der Waals surface area contributed by atoms with Crippen LogP contribution in [0.3, 0.4) is 0 Å². The first-order valence-electron chi connectivity index (χ1n) is 16.3. The summed E-state index contributed by atoms with van der Waals surface area (Å²) < 4.78 is 0. The van der Waals surface area contributed by atoms with Gasteiger partial charge in [-0.05, 0) is 75.2 Å². The summed E-state index contributed by atoms with van der Waals surface area (Å²) in [6, 6.07) is 22.6. The van der Waals surface area contributed by atoms with Crippen molar-refractivity contribution in [2.75, 3.05) is 41.3 Å². The lowest BCUT2D eigenvalue weighted by Crippen LogP contribution is -2.57. The van der Waals surface area contributed by atoms with Gasteiger partial charge >= 0.3 is 0 Å². The van der Waals surface area contributed by atoms with E-state index in [1.54, 1.807) is 25.1 Å². The number of nitrogens with two attached hydrogens (primary N) is 1. The fourth-order valence-corrected chi connectivity index (χ4v) is 6.26. The Hall–Kier alpha value is -4.01. The highest BCUT2D eigenvalue weighted by Crippen LogP contribution is 2.24. The molecule has 1 aliphatic rings. The van der Waals surface area contributed by atoms with Crippen LogP contribution in [-0.4, -0.2) is 102 Å². The molecule has 1 heterocycles. The Bertz CT molecular complexity index is 1510. The minimum atomic E-state index is -0.823. The second-order valence-electron chi connectivity index (χ2n) is 13.7. The maximum atomic E-state index is 14.6. The van der Waals surface area contributed by atoms with E-state index < -0.39 is 17.6 Å². The summed E-state index contributed by atoms with van der Waals surface area (Å²) in [5.74, 6) is -0.602. The van der Waals surface area contributed by atoms with E-state index in [9.17, 15) is 14.4 Å². The van der Waals surface area contributed by atoms with E-state index in [1.807, 2.05) is 93.5 Å². The number of fused-ring (bicyclic) bond motifs is 1. The van der Waals surface area contributed by atoms with Crippen molar-refractivity contribution in [1.29, 1.82) is 0 Å². The van der Waals surface area contributed by atoms with Gasteiger partial charge in [-0.25, -0.2) is 0 Å². The molecule has 8 heteroatoms. The van der Waals surface area contributed by atoms with Crippen molar-refractivity contribution in [3.63, 3.8) is 0 Å². The highest BCUT2D eigenvalue weighted by molar-refractivity contribution is 5.95. The minimum absolute atomic E-state index is 0.0486. The number of carbonyl (C=O) groups is 3. The molecule has 8 nitrogen and oxygen atoms in total. The third-order valence-electron chi connectivity index (χ3n) is 8.86. The molecule has 46 heavy (non-hydrogen) atoms. The molecule has 1 saturated heterocycles. The average Bonchev–Trinajstić information content (AvgIpc) is 3.48. The first-order chi connectivity index (χ1) is 21.8. The molecule has 0 radical (unpaired) electrons. The molecular weight excluding hydrogens is 574 g/mol. The van der Waals surface area contributed by atoms with Crippen molar-refractivity contribution in [1.82, 2.24) is 19.6 Å². The Morgan fingerprint density at radius 1 is 0.870 bits per heavy atom. The van der Waals surface area contributed by atoms with E-state index in [0.29, 0.717) is 25.8 Å². The Balaban J connectivity index is 1.68. The standard InChI is InChI=1S/C38H51N5O3/c1-38(2,39)22-12-19-35(44)41(5)33(26-29-20-21-30-16-10-11-17-31(30)24-29)36(45)42(6)34(25-28-14-8-7-9-15-28)37(46)43-23-13-18-32(43)27-40(3)4/h7-12,14-17,19-21,24,32-34H,13,18,22-23,25-27,39H2,1-6H3/b19-12+/t32-,33+,34+/m0/s1. The van der Waals surface area contributed by atoms with Gasteiger partial charge in [0.05, 0.1) is 0 Å². The van der Waals surface area contributed by atoms with Crippen LogP contribution in [-0.2, 0) is 27.2 Å². The van der Waals surface area contributed by atoms with Gasteiger partial charge in [0.2, 0.25) is 17.7 Å². The second kappa shape index (κ2) is 15.5. The van der Waals surface area contributed by atoms with Crippen LogP contribution in [0.4, 0.5) is 0 Å². The van der Waals surface area contributed by atoms with Crippen LogP contribution in [0.15, 0.2) is 84.9 Å². The maximum absolute atomic E-state index is 14.6. The lowest BCUT2D eigenvalue weighted by atomic mass is 9.98. The second-order valence-corrected chi connectivity index (χ2v) is 13.7. The summed E-state index contributed by atoms with van der Waals surface area (Å²) in [7, 11) is 7.42. The number of hydrogen-bond donors (Lipinski definition) is 1. The van der Waals surface area contributed by atoms with Crippen molar-refractivity contribution in [3.05, 3.63) is 96.1 Å². The van der Waals surface area contributed by atoms with Gasteiger partial charge in [-0.2, -0.15) is 0 Å². The molecule has 0 aromatic heterocycles. The Labute approximate surface area is 274 Å². The van der Waals surface area contributed by atoms with Crippen LogP contribution in [0.1, 0.15) is 44.2 Å². The van der Waals surface area contributed by atoms with Gasteiger partial charge in [-0.3, -0.25) is 14.4 Å². The molecular formula is C38H51N5O3. The van der Waals surface area contributed by atoms with Crippen molar-refractivity contribution in [3.8, 4) is 0 Å². The molecule has 1 aliphatic heterocycles. The smallest absolute Gasteiger partial charge is 0.246 e. The molecule has 3 atom stereocenters. The van der Waals surface area contributed by atoms with Crippen molar-refractivity contribution < 1.29 is 14.4 Å². The quantitative estimate of drug-likeness (QED) is 0.282. The SMILES string of the molecule is CN(C)C[C@@H]1CCCN1C(=O)[C@@H](Cc1ccccc1)N(C)C(=O)[C@@H](Cc1ccc2ccccc2c1)N(C)C(=O)/C=C/CC(C)(C)N. The Morgan fingerprint density at radius 2 is 1.52 bits per heavy atom. The number of carbonyl (C=O) groups excluding carboxylic acids is 3. The van der Waals surface area contributed by atoms with Crippen molar-refractivity contribution in [2.24, 2.45) is 5.73 Å². The Kier molecular flexibility index (Phi) is 11.8. The fraction of sp³-hybridized carbons (Fsp3) is 0.447. The fourth-order valence-electron chi connectivity index (χ4n) is 6.26. The van der Waals surface area contributed by atoms with Crippen molar-refractivity contribution >= 4 is 28.5 Å². The molecule has 246 valence electrons. The normalized spacial score (nSPS) is 16.6. The van der Waals surface area contributed by atoms with Crippen molar-refractivity contribution in [2.45, 2.75) is 69.6 Å².